The summed E-state index contributed by atoms with van der Waals surface area (Å²) in [7, 11) is 1.70. The van der Waals surface area contributed by atoms with Crippen molar-refractivity contribution in [3.05, 3.63) is 64.1 Å². The van der Waals surface area contributed by atoms with Gasteiger partial charge in [-0.3, -0.25) is 0 Å². The highest BCUT2D eigenvalue weighted by Crippen LogP contribution is 2.21. The van der Waals surface area contributed by atoms with Gasteiger partial charge >= 0.3 is 0 Å². The summed E-state index contributed by atoms with van der Waals surface area (Å²) in [6.45, 7) is 6.47. The van der Waals surface area contributed by atoms with Crippen molar-refractivity contribution in [1.29, 1.82) is 0 Å². The van der Waals surface area contributed by atoms with Gasteiger partial charge in [0.1, 0.15) is 5.69 Å². The lowest BCUT2D eigenvalue weighted by molar-refractivity contribution is -0.388. The van der Waals surface area contributed by atoms with Gasteiger partial charge in [0.2, 0.25) is 11.4 Å². The molecule has 0 amide bonds. The Balaban J connectivity index is 0.00000192. The van der Waals surface area contributed by atoms with Crippen molar-refractivity contribution in [3.63, 3.8) is 0 Å². The van der Waals surface area contributed by atoms with E-state index in [0.29, 0.717) is 0 Å². The van der Waals surface area contributed by atoms with E-state index in [1.54, 1.807) is 7.11 Å². The molecule has 4 nitrogen and oxygen atoms in total. The molecule has 0 unspecified atom stereocenters. The van der Waals surface area contributed by atoms with E-state index in [4.69, 9.17) is 4.74 Å². The van der Waals surface area contributed by atoms with E-state index in [-0.39, 0.29) is 12.4 Å². The van der Waals surface area contributed by atoms with E-state index < -0.39 is 0 Å². The summed E-state index contributed by atoms with van der Waals surface area (Å²) in [5.74, 6) is 0.842. The molecule has 5 heteroatoms. The topological polar surface area (TPSA) is 54.8 Å². The maximum atomic E-state index is 5.51. The molecule has 0 radical (unpaired) electrons. The van der Waals surface area contributed by atoms with Crippen LogP contribution < -0.4 is 17.4 Å². The molecule has 2 aromatic rings. The monoisotopic (exact) mass is 331 g/mol. The van der Waals surface area contributed by atoms with Crippen LogP contribution in [-0.2, 0) is 11.2 Å². The fourth-order valence-corrected chi connectivity index (χ4v) is 3.00. The van der Waals surface area contributed by atoms with Crippen molar-refractivity contribution in [3.8, 4) is 0 Å². The molecule has 2 aromatic heterocycles. The van der Waals surface area contributed by atoms with Crippen LogP contribution in [0.2, 0.25) is 0 Å². The number of hydrogen-bond acceptors (Lipinski definition) is 1. The van der Waals surface area contributed by atoms with Gasteiger partial charge in [-0.15, -0.1) is 0 Å². The first-order valence-corrected chi connectivity index (χ1v) is 7.57. The lowest BCUT2D eigenvalue weighted by Gasteiger charge is -1.98. The SMILES string of the molecule is CCc1c(C)[nH]c(/C=C2\[NH+]=C(c3ccc[nH]3)C=C2OC)c1C.[Cl-]. The lowest BCUT2D eigenvalue weighted by Crippen LogP contribution is -3.00. The Labute approximate surface area is 142 Å². The minimum atomic E-state index is 0. The molecule has 0 spiro atoms. The molecule has 23 heavy (non-hydrogen) atoms. The summed E-state index contributed by atoms with van der Waals surface area (Å²) < 4.78 is 5.51. The maximum absolute atomic E-state index is 5.51. The molecule has 0 aromatic carbocycles. The van der Waals surface area contributed by atoms with E-state index in [0.717, 1.165) is 35.0 Å². The first-order chi connectivity index (χ1) is 10.6. The van der Waals surface area contributed by atoms with Gasteiger partial charge in [-0.2, -0.15) is 0 Å². The number of H-pyrrole nitrogens is 2. The molecule has 0 aliphatic carbocycles. The third-order valence-corrected chi connectivity index (χ3v) is 4.19. The van der Waals surface area contributed by atoms with Gasteiger partial charge in [0.05, 0.1) is 13.2 Å². The van der Waals surface area contributed by atoms with Crippen LogP contribution in [0.1, 0.15) is 35.1 Å². The summed E-state index contributed by atoms with van der Waals surface area (Å²) in [6, 6.07) is 4.02. The molecule has 3 heterocycles. The molecule has 1 aliphatic heterocycles. The Morgan fingerprint density at radius 2 is 2.09 bits per heavy atom. The molecule has 1 aliphatic rings. The van der Waals surface area contributed by atoms with Crippen molar-refractivity contribution in [2.24, 2.45) is 0 Å². The zero-order chi connectivity index (χ0) is 15.7. The molecule has 0 bridgehead atoms. The van der Waals surface area contributed by atoms with Crippen LogP contribution in [0, 0.1) is 13.8 Å². The number of rotatable bonds is 4. The quantitative estimate of drug-likeness (QED) is 0.660. The fraction of sp³-hybridized carbons (Fsp3) is 0.278. The van der Waals surface area contributed by atoms with E-state index in [9.17, 15) is 0 Å². The molecule has 0 fully saturated rings. The first kappa shape index (κ1) is 17.2. The van der Waals surface area contributed by atoms with Gasteiger partial charge in [0, 0.05) is 23.7 Å². The number of methoxy groups -OCH3 is 1. The van der Waals surface area contributed by atoms with Crippen molar-refractivity contribution in [2.45, 2.75) is 27.2 Å². The van der Waals surface area contributed by atoms with Crippen LogP contribution in [0.25, 0.3) is 6.08 Å². The second-order valence-corrected chi connectivity index (χ2v) is 5.51. The zero-order valence-corrected chi connectivity index (χ0v) is 14.6. The van der Waals surface area contributed by atoms with Gasteiger partial charge < -0.3 is 27.1 Å². The Morgan fingerprint density at radius 1 is 1.30 bits per heavy atom. The Morgan fingerprint density at radius 3 is 2.65 bits per heavy atom. The molecule has 3 N–H and O–H groups in total. The van der Waals surface area contributed by atoms with E-state index in [2.05, 4.69) is 41.8 Å². The number of ether oxygens (including phenoxy) is 1. The van der Waals surface area contributed by atoms with Crippen molar-refractivity contribution in [1.82, 2.24) is 9.97 Å². The minimum absolute atomic E-state index is 0. The van der Waals surface area contributed by atoms with Gasteiger partial charge in [-0.1, -0.05) is 6.92 Å². The summed E-state index contributed by atoms with van der Waals surface area (Å²) in [6.07, 6.45) is 7.09. The summed E-state index contributed by atoms with van der Waals surface area (Å²) >= 11 is 0. The third kappa shape index (κ3) is 3.13. The predicted molar refractivity (Wildman–Crippen MR) is 88.6 cm³/mol. The minimum Gasteiger partial charge on any atom is -1.00 e. The molecular weight excluding hydrogens is 310 g/mol. The first-order valence-electron chi connectivity index (χ1n) is 7.57. The van der Waals surface area contributed by atoms with Crippen molar-refractivity contribution < 1.29 is 22.1 Å². The number of hydrogen-bond donors (Lipinski definition) is 3. The second kappa shape index (κ2) is 6.92. The Bertz CT molecular complexity index is 780. The van der Waals surface area contributed by atoms with Crippen molar-refractivity contribution >= 4 is 11.8 Å². The predicted octanol–water partition coefficient (Wildman–Crippen LogP) is -1.02. The number of allylic oxidation sites excluding steroid dienone is 1. The highest BCUT2D eigenvalue weighted by atomic mass is 35.5. The second-order valence-electron chi connectivity index (χ2n) is 5.51. The third-order valence-electron chi connectivity index (χ3n) is 4.19. The lowest BCUT2D eigenvalue weighted by atomic mass is 10.1. The fourth-order valence-electron chi connectivity index (χ4n) is 3.00. The highest BCUT2D eigenvalue weighted by Gasteiger charge is 2.25. The molecule has 122 valence electrons. The van der Waals surface area contributed by atoms with Crippen LogP contribution in [-0.4, -0.2) is 22.8 Å². The Kier molecular flexibility index (Phi) is 5.16. The number of aryl methyl sites for hydroxylation is 1. The van der Waals surface area contributed by atoms with Gasteiger partial charge in [-0.25, -0.2) is 4.99 Å². The number of halogens is 1. The number of nitrogens with one attached hydrogen (secondary N) is 3. The number of aromatic nitrogens is 2. The summed E-state index contributed by atoms with van der Waals surface area (Å²) in [5, 5.41) is 0. The average molecular weight is 332 g/mol. The summed E-state index contributed by atoms with van der Waals surface area (Å²) in [5.41, 5.74) is 8.10. The smallest absolute Gasteiger partial charge is 0.248 e. The van der Waals surface area contributed by atoms with Gasteiger partial charge in [-0.05, 0) is 43.5 Å². The maximum Gasteiger partial charge on any atom is 0.248 e. The summed E-state index contributed by atoms with van der Waals surface area (Å²) in [4.78, 5) is 10.1. The van der Waals surface area contributed by atoms with Crippen LogP contribution in [0.5, 0.6) is 0 Å². The molecule has 0 saturated carbocycles. The van der Waals surface area contributed by atoms with E-state index in [1.807, 2.05) is 24.4 Å². The van der Waals surface area contributed by atoms with Crippen LogP contribution in [0.3, 0.4) is 0 Å². The van der Waals surface area contributed by atoms with Crippen LogP contribution in [0.4, 0.5) is 0 Å². The molecular formula is C18H22ClN3O. The van der Waals surface area contributed by atoms with E-state index >= 15 is 0 Å². The molecule has 0 atom stereocenters. The van der Waals surface area contributed by atoms with Gasteiger partial charge in [0.25, 0.3) is 0 Å². The number of aromatic amines is 2. The largest absolute Gasteiger partial charge is 1.00 e. The van der Waals surface area contributed by atoms with Gasteiger partial charge in [0.15, 0.2) is 5.76 Å². The average Bonchev–Trinajstić information content (AvgIpc) is 3.20. The zero-order valence-electron chi connectivity index (χ0n) is 13.9. The highest BCUT2D eigenvalue weighted by molar-refractivity contribution is 6.05. The van der Waals surface area contributed by atoms with Crippen LogP contribution >= 0.6 is 0 Å². The Hall–Kier alpha value is -2.20. The van der Waals surface area contributed by atoms with E-state index in [1.165, 1.54) is 16.8 Å². The van der Waals surface area contributed by atoms with Crippen molar-refractivity contribution in [2.75, 3.05) is 7.11 Å². The normalized spacial score (nSPS) is 15.4. The molecule has 0 saturated heterocycles. The standard InChI is InChI=1S/C18H21N3O.ClH/c1-5-13-11(2)15(20-12(13)3)9-17-18(22-4)10-16(21-17)14-7-6-8-19-14;/h6-10,19-20H,5H2,1-4H3;1H/b17-9-;. The molecule has 3 rings (SSSR count). The van der Waals surface area contributed by atoms with Crippen LogP contribution in [0.15, 0.2) is 35.9 Å².